The van der Waals surface area contributed by atoms with E-state index in [2.05, 4.69) is 4.98 Å². The van der Waals surface area contributed by atoms with Crippen LogP contribution in [-0.4, -0.2) is 30.3 Å². The van der Waals surface area contributed by atoms with Crippen LogP contribution in [0, 0.1) is 0 Å². The molecule has 0 aromatic carbocycles. The molecule has 0 atom stereocenters. The minimum atomic E-state index is -4.45. The third-order valence-corrected chi connectivity index (χ3v) is 4.30. The first kappa shape index (κ1) is 26.5. The predicted molar refractivity (Wildman–Crippen MR) is 117 cm³/mol. The molecular formula is C24H32F3NO3. The molecule has 172 valence electrons. The fourth-order valence-corrected chi connectivity index (χ4v) is 2.71. The molecule has 4 nitrogen and oxygen atoms in total. The molecule has 0 unspecified atom stereocenters. The summed E-state index contributed by atoms with van der Waals surface area (Å²) in [4.78, 5) is 16.1. The topological polar surface area (TPSA) is 48.4 Å². The van der Waals surface area contributed by atoms with Crippen molar-refractivity contribution in [1.82, 2.24) is 4.98 Å². The number of nitrogens with zero attached hydrogens (tertiary/aromatic N) is 1. The van der Waals surface area contributed by atoms with E-state index >= 15 is 0 Å². The fourth-order valence-electron chi connectivity index (χ4n) is 2.71. The summed E-state index contributed by atoms with van der Waals surface area (Å²) < 4.78 is 48.7. The van der Waals surface area contributed by atoms with Gasteiger partial charge in [-0.05, 0) is 49.8 Å². The number of carbonyl (C=O) groups is 1. The summed E-state index contributed by atoms with van der Waals surface area (Å²) in [5.74, 6) is -0.284. The summed E-state index contributed by atoms with van der Waals surface area (Å²) in [5, 5.41) is 0. The van der Waals surface area contributed by atoms with Gasteiger partial charge in [0.2, 0.25) is 0 Å². The number of esters is 1. The summed E-state index contributed by atoms with van der Waals surface area (Å²) in [7, 11) is 0. The lowest BCUT2D eigenvalue weighted by Crippen LogP contribution is -2.21. The average molecular weight is 440 g/mol. The number of ether oxygens (including phenoxy) is 2. The van der Waals surface area contributed by atoms with Crippen molar-refractivity contribution in [1.29, 1.82) is 0 Å². The highest BCUT2D eigenvalue weighted by Gasteiger charge is 2.30. The van der Waals surface area contributed by atoms with Crippen molar-refractivity contribution in [2.75, 3.05) is 13.2 Å². The third kappa shape index (κ3) is 8.99. The molecule has 7 heteroatoms. The Morgan fingerprint density at radius 1 is 1.16 bits per heavy atom. The van der Waals surface area contributed by atoms with Crippen molar-refractivity contribution >= 4 is 11.5 Å². The van der Waals surface area contributed by atoms with Gasteiger partial charge in [-0.3, -0.25) is 4.98 Å². The molecule has 0 N–H and O–H groups in total. The van der Waals surface area contributed by atoms with Crippen molar-refractivity contribution in [3.63, 3.8) is 0 Å². The molecule has 1 aromatic rings. The monoisotopic (exact) mass is 439 g/mol. The Bertz CT molecular complexity index is 850. The summed E-state index contributed by atoms with van der Waals surface area (Å²) in [6, 6.07) is 1.78. The molecule has 0 bridgehead atoms. The lowest BCUT2D eigenvalue weighted by molar-refractivity contribution is -0.153. The van der Waals surface area contributed by atoms with Gasteiger partial charge in [-0.2, -0.15) is 13.2 Å². The summed E-state index contributed by atoms with van der Waals surface area (Å²) >= 11 is 0. The Kier molecular flexibility index (Phi) is 10.0. The van der Waals surface area contributed by atoms with Crippen LogP contribution in [0.1, 0.15) is 77.3 Å². The van der Waals surface area contributed by atoms with Crippen molar-refractivity contribution < 1.29 is 27.4 Å². The first-order valence-electron chi connectivity index (χ1n) is 10.3. The molecule has 0 fully saturated rings. The van der Waals surface area contributed by atoms with E-state index in [1.165, 1.54) is 6.08 Å². The van der Waals surface area contributed by atoms with Crippen molar-refractivity contribution in [3.05, 3.63) is 52.9 Å². The molecule has 0 radical (unpaired) electrons. The van der Waals surface area contributed by atoms with E-state index in [1.54, 1.807) is 45.1 Å². The maximum Gasteiger partial charge on any atom is 0.422 e. The fraction of sp³-hybridized carbons (Fsp3) is 0.500. The van der Waals surface area contributed by atoms with E-state index in [1.807, 2.05) is 27.7 Å². The van der Waals surface area contributed by atoms with Gasteiger partial charge in [-0.1, -0.05) is 45.9 Å². The van der Waals surface area contributed by atoms with Crippen LogP contribution < -0.4 is 4.74 Å². The Balaban J connectivity index is 3.39. The Hall–Kier alpha value is -2.57. The molecule has 0 aliphatic rings. The molecule has 1 rings (SSSR count). The average Bonchev–Trinajstić information content (AvgIpc) is 2.64. The number of hydrogen-bond acceptors (Lipinski definition) is 4. The predicted octanol–water partition coefficient (Wildman–Crippen LogP) is 6.74. The van der Waals surface area contributed by atoms with Crippen LogP contribution in [0.5, 0.6) is 5.75 Å². The van der Waals surface area contributed by atoms with Crippen LogP contribution in [-0.2, 0) is 9.53 Å². The summed E-state index contributed by atoms with van der Waals surface area (Å²) in [6.07, 6.45) is 2.16. The number of pyridine rings is 1. The van der Waals surface area contributed by atoms with E-state index in [9.17, 15) is 18.0 Å². The van der Waals surface area contributed by atoms with Crippen LogP contribution in [0.25, 0.3) is 5.57 Å². The Morgan fingerprint density at radius 2 is 1.81 bits per heavy atom. The quantitative estimate of drug-likeness (QED) is 0.243. The number of allylic oxidation sites excluding steroid dienone is 5. The summed E-state index contributed by atoms with van der Waals surface area (Å²) in [5.41, 5.74) is 3.28. The van der Waals surface area contributed by atoms with Gasteiger partial charge in [0.15, 0.2) is 6.61 Å². The van der Waals surface area contributed by atoms with Crippen LogP contribution in [0.2, 0.25) is 0 Å². The lowest BCUT2D eigenvalue weighted by atomic mass is 9.97. The number of hydrogen-bond donors (Lipinski definition) is 0. The van der Waals surface area contributed by atoms with Crippen LogP contribution >= 0.6 is 0 Å². The van der Waals surface area contributed by atoms with Crippen molar-refractivity contribution in [2.24, 2.45) is 0 Å². The lowest BCUT2D eigenvalue weighted by Gasteiger charge is -2.21. The van der Waals surface area contributed by atoms with Crippen LogP contribution in [0.3, 0.4) is 0 Å². The van der Waals surface area contributed by atoms with Gasteiger partial charge >= 0.3 is 12.1 Å². The number of rotatable bonds is 9. The number of aromatic nitrogens is 1. The van der Waals surface area contributed by atoms with Crippen molar-refractivity contribution in [3.8, 4) is 5.75 Å². The largest absolute Gasteiger partial charge is 0.482 e. The Morgan fingerprint density at radius 3 is 2.32 bits per heavy atom. The van der Waals surface area contributed by atoms with E-state index < -0.39 is 18.8 Å². The third-order valence-electron chi connectivity index (χ3n) is 4.30. The van der Waals surface area contributed by atoms with Gasteiger partial charge in [0, 0.05) is 17.3 Å². The highest BCUT2D eigenvalue weighted by molar-refractivity contribution is 5.83. The van der Waals surface area contributed by atoms with Gasteiger partial charge in [0.25, 0.3) is 0 Å². The molecule has 0 aliphatic carbocycles. The first-order valence-corrected chi connectivity index (χ1v) is 10.3. The highest BCUT2D eigenvalue weighted by atomic mass is 19.4. The number of carbonyl (C=O) groups excluding carboxylic acids is 1. The van der Waals surface area contributed by atoms with E-state index in [-0.39, 0.29) is 17.6 Å². The molecule has 1 aromatic heterocycles. The maximum absolute atomic E-state index is 12.8. The molecular weight excluding hydrogens is 407 g/mol. The zero-order valence-corrected chi connectivity index (χ0v) is 19.3. The molecule has 1 heterocycles. The molecule has 31 heavy (non-hydrogen) atoms. The van der Waals surface area contributed by atoms with Gasteiger partial charge in [0.05, 0.1) is 12.3 Å². The first-order chi connectivity index (χ1) is 14.4. The minimum absolute atomic E-state index is 0.103. The normalized spacial score (nSPS) is 13.4. The second-order valence-corrected chi connectivity index (χ2v) is 7.87. The van der Waals surface area contributed by atoms with Gasteiger partial charge in [-0.25, -0.2) is 4.79 Å². The molecule has 0 amide bonds. The maximum atomic E-state index is 12.8. The van der Waals surface area contributed by atoms with E-state index in [0.29, 0.717) is 23.4 Å². The van der Waals surface area contributed by atoms with Gasteiger partial charge < -0.3 is 9.47 Å². The van der Waals surface area contributed by atoms with Gasteiger partial charge in [0.1, 0.15) is 5.75 Å². The van der Waals surface area contributed by atoms with Crippen molar-refractivity contribution in [2.45, 2.75) is 66.5 Å². The minimum Gasteiger partial charge on any atom is -0.482 e. The molecule has 0 spiro atoms. The van der Waals surface area contributed by atoms with Crippen LogP contribution in [0.4, 0.5) is 13.2 Å². The zero-order chi connectivity index (χ0) is 23.8. The second kappa shape index (κ2) is 11.7. The van der Waals surface area contributed by atoms with E-state index in [0.717, 1.165) is 11.3 Å². The number of alkyl halides is 3. The molecule has 0 saturated carbocycles. The molecule has 0 saturated heterocycles. The van der Waals surface area contributed by atoms with Crippen LogP contribution in [0.15, 0.2) is 35.9 Å². The standard InChI is InChI=1S/C24H32F3NO3/c1-8-30-21(29)12-17(6)10-9-11-18(7)19-13-20(15(2)3)28-22(16(4)5)23(19)31-14-24(25,26)27/h9-13,15-16H,8,14H2,1-7H3/b10-9+,17-12+,18-11-. The number of halogens is 3. The van der Waals surface area contributed by atoms with E-state index in [4.69, 9.17) is 9.47 Å². The Labute approximate surface area is 182 Å². The second-order valence-electron chi connectivity index (χ2n) is 7.87. The highest BCUT2D eigenvalue weighted by Crippen LogP contribution is 2.36. The zero-order valence-electron chi connectivity index (χ0n) is 19.3. The summed E-state index contributed by atoms with van der Waals surface area (Å²) in [6.45, 7) is 11.9. The smallest absolute Gasteiger partial charge is 0.422 e. The SMILES string of the molecule is CCOC(=O)/C=C(C)/C=C/C=C(/C)c1cc(C(C)C)nc(C(C)C)c1OCC(F)(F)F. The molecule has 0 aliphatic heterocycles. The van der Waals surface area contributed by atoms with Gasteiger partial charge in [-0.15, -0.1) is 0 Å².